The van der Waals surface area contributed by atoms with Gasteiger partial charge in [0.05, 0.1) is 20.5 Å². The fraction of sp³-hybridized carbons (Fsp3) is 0. The molecule has 9 rings (SSSR count). The number of benzene rings is 2. The first kappa shape index (κ1) is 27.0. The molecule has 214 valence electrons. The highest BCUT2D eigenvalue weighted by Gasteiger charge is 2.33. The molecule has 7 aromatic rings. The van der Waals surface area contributed by atoms with E-state index in [1.165, 1.54) is 18.8 Å². The first-order valence-electron chi connectivity index (χ1n) is 13.9. The normalized spacial score (nSPS) is 14.3. The Morgan fingerprint density at radius 2 is 0.778 bits per heavy atom. The minimum Gasteiger partial charge on any atom is -0.288 e. The molecule has 2 aliphatic carbocycles. The Morgan fingerprint density at radius 1 is 0.400 bits per heavy atom. The van der Waals surface area contributed by atoms with E-state index in [1.807, 2.05) is 12.1 Å². The van der Waals surface area contributed by atoms with Crippen LogP contribution in [0.2, 0.25) is 0 Å². The number of rotatable bonds is 4. The second kappa shape index (κ2) is 10.1. The van der Waals surface area contributed by atoms with Crippen LogP contribution < -0.4 is 0 Å². The fourth-order valence-corrected chi connectivity index (χ4v) is 11.9. The average molecular weight is 673 g/mol. The van der Waals surface area contributed by atoms with Crippen LogP contribution in [-0.4, -0.2) is 23.1 Å². The summed E-state index contributed by atoms with van der Waals surface area (Å²) in [5.41, 5.74) is 2.36. The molecule has 9 heteroatoms. The molecule has 0 saturated carbocycles. The minimum absolute atomic E-state index is 0.210. The van der Waals surface area contributed by atoms with Crippen molar-refractivity contribution in [2.75, 3.05) is 0 Å². The molecule has 2 aliphatic rings. The third kappa shape index (κ3) is 4.19. The van der Waals surface area contributed by atoms with Crippen LogP contribution in [0.15, 0.2) is 96.1 Å². The van der Waals surface area contributed by atoms with Crippen molar-refractivity contribution in [3.05, 3.63) is 128 Å². The number of hydrogen-bond acceptors (Lipinski definition) is 9. The van der Waals surface area contributed by atoms with E-state index >= 15 is 0 Å². The summed E-state index contributed by atoms with van der Waals surface area (Å²) in [4.78, 5) is 57.6. The maximum atomic E-state index is 12.8. The summed E-state index contributed by atoms with van der Waals surface area (Å²) in [6.45, 7) is 0. The van der Waals surface area contributed by atoms with E-state index in [1.54, 1.807) is 117 Å². The Bertz CT molecular complexity index is 2270. The van der Waals surface area contributed by atoms with Gasteiger partial charge in [-0.3, -0.25) is 19.2 Å². The summed E-state index contributed by atoms with van der Waals surface area (Å²) in [5, 5.41) is 0. The summed E-state index contributed by atoms with van der Waals surface area (Å²) < 4.78 is 4.99. The largest absolute Gasteiger partial charge is 0.288 e. The van der Waals surface area contributed by atoms with Gasteiger partial charge in [0.1, 0.15) is 0 Å². The van der Waals surface area contributed by atoms with Crippen LogP contribution in [0.3, 0.4) is 0 Å². The highest BCUT2D eigenvalue weighted by atomic mass is 32.1. The quantitative estimate of drug-likeness (QED) is 0.138. The van der Waals surface area contributed by atoms with Gasteiger partial charge in [0.15, 0.2) is 23.1 Å². The number of carbonyl (C=O) groups excluding carboxylic acids is 4. The van der Waals surface area contributed by atoms with Crippen molar-refractivity contribution in [1.82, 2.24) is 0 Å². The summed E-state index contributed by atoms with van der Waals surface area (Å²) >= 11 is 8.45. The molecule has 0 atom stereocenters. The zero-order valence-corrected chi connectivity index (χ0v) is 27.0. The Labute approximate surface area is 275 Å². The van der Waals surface area contributed by atoms with Crippen LogP contribution in [0.25, 0.3) is 50.5 Å². The molecule has 0 bridgehead atoms. The molecule has 0 spiro atoms. The lowest BCUT2D eigenvalue weighted by atomic mass is 10.1. The van der Waals surface area contributed by atoms with Crippen molar-refractivity contribution in [3.8, 4) is 19.5 Å². The van der Waals surface area contributed by atoms with E-state index in [0.29, 0.717) is 22.3 Å². The van der Waals surface area contributed by atoms with E-state index < -0.39 is 0 Å². The first-order valence-corrected chi connectivity index (χ1v) is 18.0. The first-order chi connectivity index (χ1) is 21.9. The molecule has 0 saturated heterocycles. The van der Waals surface area contributed by atoms with Crippen LogP contribution in [0.5, 0.6) is 0 Å². The number of hydrogen-bond donors (Lipinski definition) is 0. The maximum absolute atomic E-state index is 12.8. The molecular formula is C36H16O4S5. The molecule has 0 amide bonds. The van der Waals surface area contributed by atoms with E-state index in [4.69, 9.17) is 0 Å². The zero-order valence-electron chi connectivity index (χ0n) is 22.9. The van der Waals surface area contributed by atoms with E-state index in [-0.39, 0.29) is 34.3 Å². The topological polar surface area (TPSA) is 68.3 Å². The Morgan fingerprint density at radius 3 is 1.16 bits per heavy atom. The van der Waals surface area contributed by atoms with Crippen molar-refractivity contribution < 1.29 is 19.2 Å². The SMILES string of the molecule is O=C1C(=Cc2ccc(-c3cc4sc5cc(-c6ccc(C=C7C(=O)c8ccccc8C7=O)s6)sc5c4s3)s2)C(=O)c2ccccc21. The fourth-order valence-electron chi connectivity index (χ4n) is 5.80. The lowest BCUT2D eigenvalue weighted by Gasteiger charge is -1.92. The van der Waals surface area contributed by atoms with Crippen LogP contribution >= 0.6 is 56.7 Å². The van der Waals surface area contributed by atoms with Crippen molar-refractivity contribution in [3.63, 3.8) is 0 Å². The molecule has 2 aromatic carbocycles. The molecule has 5 aromatic heterocycles. The highest BCUT2D eigenvalue weighted by molar-refractivity contribution is 7.41. The van der Waals surface area contributed by atoms with Gasteiger partial charge >= 0.3 is 0 Å². The van der Waals surface area contributed by atoms with Gasteiger partial charge < -0.3 is 0 Å². The zero-order chi connectivity index (χ0) is 30.4. The van der Waals surface area contributed by atoms with Gasteiger partial charge in [0.2, 0.25) is 0 Å². The van der Waals surface area contributed by atoms with Crippen molar-refractivity contribution >= 4 is 111 Å². The third-order valence-corrected chi connectivity index (χ3v) is 14.2. The monoisotopic (exact) mass is 672 g/mol. The van der Waals surface area contributed by atoms with Gasteiger partial charge in [-0.05, 0) is 48.6 Å². The lowest BCUT2D eigenvalue weighted by molar-refractivity contribution is 0.0975. The number of fused-ring (bicyclic) bond motifs is 5. The van der Waals surface area contributed by atoms with Crippen LogP contribution in [0, 0.1) is 0 Å². The summed E-state index contributed by atoms with van der Waals surface area (Å²) in [5.74, 6) is -0.838. The van der Waals surface area contributed by atoms with Crippen LogP contribution in [0.4, 0.5) is 0 Å². The van der Waals surface area contributed by atoms with Crippen molar-refractivity contribution in [2.24, 2.45) is 0 Å². The predicted octanol–water partition coefficient (Wildman–Crippen LogP) is 10.6. The summed E-state index contributed by atoms with van der Waals surface area (Å²) in [6, 6.07) is 26.5. The van der Waals surface area contributed by atoms with Gasteiger partial charge in [-0.15, -0.1) is 56.7 Å². The number of allylic oxidation sites excluding steroid dienone is 2. The van der Waals surface area contributed by atoms with E-state index in [2.05, 4.69) is 24.3 Å². The molecule has 45 heavy (non-hydrogen) atoms. The summed E-state index contributed by atoms with van der Waals surface area (Å²) in [7, 11) is 0. The molecule has 0 unspecified atom stereocenters. The van der Waals surface area contributed by atoms with E-state index in [0.717, 1.165) is 29.3 Å². The van der Waals surface area contributed by atoms with Crippen LogP contribution in [0.1, 0.15) is 51.2 Å². The van der Waals surface area contributed by atoms with Crippen molar-refractivity contribution in [1.29, 1.82) is 0 Å². The predicted molar refractivity (Wildman–Crippen MR) is 188 cm³/mol. The number of thiophene rings is 5. The molecule has 0 fully saturated rings. The summed E-state index contributed by atoms with van der Waals surface area (Å²) in [6.07, 6.45) is 3.45. The molecule has 0 aliphatic heterocycles. The second-order valence-corrected chi connectivity index (χ2v) is 16.1. The Balaban J connectivity index is 0.995. The number of carbonyl (C=O) groups is 4. The molecule has 0 radical (unpaired) electrons. The molecule has 4 nitrogen and oxygen atoms in total. The van der Waals surface area contributed by atoms with Gasteiger partial charge in [-0.25, -0.2) is 0 Å². The van der Waals surface area contributed by atoms with Crippen molar-refractivity contribution in [2.45, 2.75) is 0 Å². The smallest absolute Gasteiger partial charge is 0.197 e. The van der Waals surface area contributed by atoms with Gasteiger partial charge in [0.25, 0.3) is 0 Å². The number of Topliss-reactive ketones (excluding diaryl/α,β-unsaturated/α-hetero) is 4. The average Bonchev–Trinajstić information content (AvgIpc) is 3.90. The Kier molecular flexibility index (Phi) is 6.03. The van der Waals surface area contributed by atoms with Crippen LogP contribution in [-0.2, 0) is 0 Å². The van der Waals surface area contributed by atoms with E-state index in [9.17, 15) is 19.2 Å². The van der Waals surface area contributed by atoms with Gasteiger partial charge in [-0.2, -0.15) is 0 Å². The maximum Gasteiger partial charge on any atom is 0.197 e. The minimum atomic E-state index is -0.210. The van der Waals surface area contributed by atoms with Gasteiger partial charge in [0, 0.05) is 60.9 Å². The number of ketones is 4. The molecular weight excluding hydrogens is 657 g/mol. The second-order valence-electron chi connectivity index (χ2n) is 10.6. The molecule has 5 heterocycles. The molecule has 0 N–H and O–H groups in total. The highest BCUT2D eigenvalue weighted by Crippen LogP contribution is 2.49. The standard InChI is InChI=1S/C36H16O4S5/c37-31-19-5-1-2-6-20(19)32(38)23(31)13-17-9-11-25(41-17)27-15-29-35(44-27)36-30(43-29)16-28(45-36)26-12-10-18(42-26)14-24-33(39)21-7-3-4-8-22(21)34(24)40/h1-16H. The lowest BCUT2D eigenvalue weighted by Crippen LogP contribution is -1.99. The third-order valence-electron chi connectivity index (χ3n) is 7.95. The Hall–Kier alpha value is -4.38. The van der Waals surface area contributed by atoms with Gasteiger partial charge in [-0.1, -0.05) is 48.5 Å².